The molecule has 0 amide bonds. The van der Waals surface area contributed by atoms with Gasteiger partial charge in [-0.2, -0.15) is 4.98 Å². The van der Waals surface area contributed by atoms with E-state index in [2.05, 4.69) is 15.3 Å². The lowest BCUT2D eigenvalue weighted by atomic mass is 9.97. The monoisotopic (exact) mass is 321 g/mol. The molecular formula is C16H17ClFN3O. The van der Waals surface area contributed by atoms with Gasteiger partial charge in [0.25, 0.3) is 0 Å². The van der Waals surface area contributed by atoms with Crippen molar-refractivity contribution in [2.75, 3.05) is 13.1 Å². The van der Waals surface area contributed by atoms with Crippen molar-refractivity contribution < 1.29 is 9.13 Å². The number of nitrogens with zero attached hydrogens (tertiary/aromatic N) is 2. The molecule has 22 heavy (non-hydrogen) atoms. The van der Waals surface area contributed by atoms with Crippen molar-refractivity contribution >= 4 is 11.6 Å². The molecule has 1 fully saturated rings. The highest BCUT2D eigenvalue weighted by Crippen LogP contribution is 2.23. The number of benzene rings is 1. The largest absolute Gasteiger partial charge is 0.473 e. The molecule has 3 rings (SSSR count). The molecule has 4 nitrogen and oxygen atoms in total. The van der Waals surface area contributed by atoms with Gasteiger partial charge in [-0.05, 0) is 38.1 Å². The molecule has 116 valence electrons. The smallest absolute Gasteiger partial charge is 0.216 e. The summed E-state index contributed by atoms with van der Waals surface area (Å²) in [5, 5.41) is 3.69. The predicted octanol–water partition coefficient (Wildman–Crippen LogP) is 3.32. The van der Waals surface area contributed by atoms with Crippen LogP contribution in [-0.2, 0) is 6.61 Å². The maximum Gasteiger partial charge on any atom is 0.216 e. The first-order valence-electron chi connectivity index (χ1n) is 7.33. The molecule has 0 bridgehead atoms. The molecule has 0 unspecified atom stereocenters. The third-order valence-corrected chi connectivity index (χ3v) is 3.98. The Kier molecular flexibility index (Phi) is 4.85. The van der Waals surface area contributed by atoms with Crippen molar-refractivity contribution in [1.82, 2.24) is 15.3 Å². The van der Waals surface area contributed by atoms with Crippen LogP contribution in [0.15, 0.2) is 30.5 Å². The van der Waals surface area contributed by atoms with Gasteiger partial charge in [0.1, 0.15) is 18.2 Å². The van der Waals surface area contributed by atoms with Gasteiger partial charge in [-0.3, -0.25) is 0 Å². The van der Waals surface area contributed by atoms with E-state index in [0.717, 1.165) is 31.8 Å². The lowest BCUT2D eigenvalue weighted by Gasteiger charge is -2.21. The van der Waals surface area contributed by atoms with Crippen LogP contribution in [0, 0.1) is 5.82 Å². The van der Waals surface area contributed by atoms with E-state index in [4.69, 9.17) is 16.3 Å². The lowest BCUT2D eigenvalue weighted by Crippen LogP contribution is -2.27. The van der Waals surface area contributed by atoms with E-state index in [9.17, 15) is 4.39 Å². The highest BCUT2D eigenvalue weighted by Gasteiger charge is 2.18. The maximum absolute atomic E-state index is 13.7. The number of rotatable bonds is 4. The first-order chi connectivity index (χ1) is 10.7. The van der Waals surface area contributed by atoms with E-state index < -0.39 is 0 Å². The van der Waals surface area contributed by atoms with Crippen LogP contribution < -0.4 is 10.1 Å². The summed E-state index contributed by atoms with van der Waals surface area (Å²) in [7, 11) is 0. The number of hydrogen-bond donors (Lipinski definition) is 1. The van der Waals surface area contributed by atoms with E-state index in [1.54, 1.807) is 24.4 Å². The average Bonchev–Trinajstić information content (AvgIpc) is 2.55. The Balaban J connectivity index is 1.67. The zero-order valence-electron chi connectivity index (χ0n) is 12.1. The van der Waals surface area contributed by atoms with Crippen LogP contribution in [0.1, 0.15) is 30.1 Å². The number of ether oxygens (including phenoxy) is 1. The quantitative estimate of drug-likeness (QED) is 0.938. The molecule has 1 aliphatic rings. The molecule has 0 aliphatic carbocycles. The summed E-state index contributed by atoms with van der Waals surface area (Å²) < 4.78 is 19.3. The SMILES string of the molecule is Fc1cc(Cl)ccc1COc1ccnc(C2CCNCC2)n1. The van der Waals surface area contributed by atoms with Crippen molar-refractivity contribution in [3.63, 3.8) is 0 Å². The van der Waals surface area contributed by atoms with E-state index >= 15 is 0 Å². The van der Waals surface area contributed by atoms with Crippen molar-refractivity contribution in [2.45, 2.75) is 25.4 Å². The second-order valence-corrected chi connectivity index (χ2v) is 5.74. The van der Waals surface area contributed by atoms with Gasteiger partial charge >= 0.3 is 0 Å². The van der Waals surface area contributed by atoms with Crippen LogP contribution in [0.2, 0.25) is 5.02 Å². The Hall–Kier alpha value is -1.72. The fourth-order valence-corrected chi connectivity index (χ4v) is 2.66. The van der Waals surface area contributed by atoms with Crippen molar-refractivity contribution in [2.24, 2.45) is 0 Å². The van der Waals surface area contributed by atoms with Crippen molar-refractivity contribution in [3.05, 3.63) is 52.7 Å². The lowest BCUT2D eigenvalue weighted by molar-refractivity contribution is 0.284. The summed E-state index contributed by atoms with van der Waals surface area (Å²) in [6.07, 6.45) is 3.74. The average molecular weight is 322 g/mol. The first kappa shape index (κ1) is 15.2. The fraction of sp³-hybridized carbons (Fsp3) is 0.375. The summed E-state index contributed by atoms with van der Waals surface area (Å²) >= 11 is 5.73. The maximum atomic E-state index is 13.7. The molecule has 2 aromatic rings. The molecule has 1 saturated heterocycles. The third-order valence-electron chi connectivity index (χ3n) is 3.74. The normalized spacial score (nSPS) is 15.7. The number of hydrogen-bond acceptors (Lipinski definition) is 4. The van der Waals surface area contributed by atoms with Crippen LogP contribution in [0.4, 0.5) is 4.39 Å². The van der Waals surface area contributed by atoms with Gasteiger partial charge in [0.15, 0.2) is 0 Å². The van der Waals surface area contributed by atoms with E-state index in [-0.39, 0.29) is 12.4 Å². The number of halogens is 2. The van der Waals surface area contributed by atoms with Crippen LogP contribution in [0.3, 0.4) is 0 Å². The van der Waals surface area contributed by atoms with Crippen LogP contribution in [0.5, 0.6) is 5.88 Å². The van der Waals surface area contributed by atoms with Gasteiger partial charge in [-0.1, -0.05) is 17.7 Å². The molecule has 0 atom stereocenters. The van der Waals surface area contributed by atoms with Gasteiger partial charge in [-0.15, -0.1) is 0 Å². The molecule has 1 N–H and O–H groups in total. The Morgan fingerprint density at radius 1 is 1.27 bits per heavy atom. The second kappa shape index (κ2) is 7.03. The summed E-state index contributed by atoms with van der Waals surface area (Å²) in [5.41, 5.74) is 0.450. The number of aromatic nitrogens is 2. The van der Waals surface area contributed by atoms with E-state index in [1.165, 1.54) is 6.07 Å². The van der Waals surface area contributed by atoms with Gasteiger partial charge in [0.05, 0.1) is 0 Å². The molecule has 0 saturated carbocycles. The fourth-order valence-electron chi connectivity index (χ4n) is 2.50. The van der Waals surface area contributed by atoms with Gasteiger partial charge in [0.2, 0.25) is 5.88 Å². The van der Waals surface area contributed by atoms with E-state index in [1.807, 2.05) is 0 Å². The molecule has 1 aromatic heterocycles. The standard InChI is InChI=1S/C16H17ClFN3O/c17-13-2-1-12(14(18)9-13)10-22-15-5-8-20-16(21-15)11-3-6-19-7-4-11/h1-2,5,8-9,11,19H,3-4,6-7,10H2. The molecule has 6 heteroatoms. The summed E-state index contributed by atoms with van der Waals surface area (Å²) in [6, 6.07) is 6.23. The number of piperidine rings is 1. The zero-order chi connectivity index (χ0) is 15.4. The molecule has 0 spiro atoms. The molecule has 1 aliphatic heterocycles. The molecule has 2 heterocycles. The summed E-state index contributed by atoms with van der Waals surface area (Å²) in [5.74, 6) is 1.26. The predicted molar refractivity (Wildman–Crippen MR) is 82.6 cm³/mol. The topological polar surface area (TPSA) is 47.0 Å². The minimum atomic E-state index is -0.375. The van der Waals surface area contributed by atoms with Crippen LogP contribution in [-0.4, -0.2) is 23.1 Å². The molecule has 0 radical (unpaired) electrons. The van der Waals surface area contributed by atoms with Gasteiger partial charge in [-0.25, -0.2) is 9.37 Å². The Bertz CT molecular complexity index is 647. The zero-order valence-corrected chi connectivity index (χ0v) is 12.8. The minimum Gasteiger partial charge on any atom is -0.473 e. The van der Waals surface area contributed by atoms with Gasteiger partial charge in [0, 0.05) is 28.8 Å². The third kappa shape index (κ3) is 3.72. The van der Waals surface area contributed by atoms with Crippen molar-refractivity contribution in [3.8, 4) is 5.88 Å². The van der Waals surface area contributed by atoms with Crippen molar-refractivity contribution in [1.29, 1.82) is 0 Å². The summed E-state index contributed by atoms with van der Waals surface area (Å²) in [4.78, 5) is 8.79. The van der Waals surface area contributed by atoms with Crippen LogP contribution >= 0.6 is 11.6 Å². The first-order valence-corrected chi connectivity index (χ1v) is 7.70. The molecular weight excluding hydrogens is 305 g/mol. The highest BCUT2D eigenvalue weighted by atomic mass is 35.5. The molecule has 1 aromatic carbocycles. The second-order valence-electron chi connectivity index (χ2n) is 5.30. The summed E-state index contributed by atoms with van der Waals surface area (Å²) in [6.45, 7) is 2.08. The Labute approximate surface area is 133 Å². The van der Waals surface area contributed by atoms with Crippen LogP contribution in [0.25, 0.3) is 0 Å². The minimum absolute atomic E-state index is 0.117. The van der Waals surface area contributed by atoms with Gasteiger partial charge < -0.3 is 10.1 Å². The Morgan fingerprint density at radius 3 is 2.86 bits per heavy atom. The van der Waals surface area contributed by atoms with E-state index in [0.29, 0.717) is 22.4 Å². The Morgan fingerprint density at radius 2 is 2.09 bits per heavy atom. The number of nitrogens with one attached hydrogen (secondary N) is 1. The highest BCUT2D eigenvalue weighted by molar-refractivity contribution is 6.30.